The lowest BCUT2D eigenvalue weighted by atomic mass is 9.86. The summed E-state index contributed by atoms with van der Waals surface area (Å²) in [5.74, 6) is -0.365. The number of hydrogen-bond donors (Lipinski definition) is 3. The molecule has 0 bridgehead atoms. The van der Waals surface area contributed by atoms with Gasteiger partial charge >= 0.3 is 0 Å². The smallest absolute Gasteiger partial charge is 0.225 e. The van der Waals surface area contributed by atoms with Gasteiger partial charge in [-0.3, -0.25) is 4.79 Å². The molecule has 1 unspecified atom stereocenters. The predicted molar refractivity (Wildman–Crippen MR) is 67.7 cm³/mol. The largest absolute Gasteiger partial charge is 0.396 e. The number of carbonyl (C=O) groups excluding carboxylic acids is 1. The van der Waals surface area contributed by atoms with Crippen LogP contribution in [0.3, 0.4) is 0 Å². The van der Waals surface area contributed by atoms with Crippen LogP contribution in [0.2, 0.25) is 0 Å². The monoisotopic (exact) mass is 238 g/mol. The number of hydrogen-bond acceptors (Lipinski definition) is 2. The molecule has 1 aromatic rings. The highest BCUT2D eigenvalue weighted by atomic mass is 16.3. The lowest BCUT2D eigenvalue weighted by molar-refractivity contribution is -0.126. The lowest BCUT2D eigenvalue weighted by Gasteiger charge is -2.25. The summed E-state index contributed by atoms with van der Waals surface area (Å²) >= 11 is 0. The summed E-state index contributed by atoms with van der Waals surface area (Å²) in [6.07, 6.45) is 4.48. The minimum atomic E-state index is -0.294. The molecule has 1 amide bonds. The second-order valence-corrected chi connectivity index (χ2v) is 4.99. The van der Waals surface area contributed by atoms with Crippen LogP contribution in [0.15, 0.2) is 18.5 Å². The molecule has 0 radical (unpaired) electrons. The maximum absolute atomic E-state index is 11.7. The molecule has 0 saturated carbocycles. The SMILES string of the molecule is CCC(CO)C(=O)NCC(C)(C)c1cc[nH]c1. The van der Waals surface area contributed by atoms with Crippen molar-refractivity contribution < 1.29 is 9.90 Å². The van der Waals surface area contributed by atoms with Gasteiger partial charge in [0.05, 0.1) is 12.5 Å². The lowest BCUT2D eigenvalue weighted by Crippen LogP contribution is -2.40. The van der Waals surface area contributed by atoms with E-state index < -0.39 is 0 Å². The van der Waals surface area contributed by atoms with E-state index in [2.05, 4.69) is 24.1 Å². The Kier molecular flexibility index (Phi) is 4.75. The van der Waals surface area contributed by atoms with Gasteiger partial charge in [-0.2, -0.15) is 0 Å². The Morgan fingerprint density at radius 2 is 2.29 bits per heavy atom. The first kappa shape index (κ1) is 13.8. The standard InChI is InChI=1S/C13H22N2O2/c1-4-10(8-16)12(17)15-9-13(2,3)11-5-6-14-7-11/h5-7,10,14,16H,4,8-9H2,1-3H3,(H,15,17). The van der Waals surface area contributed by atoms with Crippen molar-refractivity contribution in [1.29, 1.82) is 0 Å². The molecular formula is C13H22N2O2. The molecule has 0 saturated heterocycles. The van der Waals surface area contributed by atoms with E-state index in [4.69, 9.17) is 5.11 Å². The number of aliphatic hydroxyl groups excluding tert-OH is 1. The van der Waals surface area contributed by atoms with E-state index in [-0.39, 0.29) is 23.8 Å². The summed E-state index contributed by atoms with van der Waals surface area (Å²) in [7, 11) is 0. The van der Waals surface area contributed by atoms with E-state index in [0.29, 0.717) is 13.0 Å². The quantitative estimate of drug-likeness (QED) is 0.702. The van der Waals surface area contributed by atoms with E-state index in [9.17, 15) is 4.79 Å². The molecule has 0 aromatic carbocycles. The van der Waals surface area contributed by atoms with Crippen molar-refractivity contribution in [3.05, 3.63) is 24.0 Å². The summed E-state index contributed by atoms with van der Waals surface area (Å²) in [6, 6.07) is 2.01. The number of carbonyl (C=O) groups is 1. The van der Waals surface area contributed by atoms with Crippen molar-refractivity contribution in [2.75, 3.05) is 13.2 Å². The van der Waals surface area contributed by atoms with Crippen molar-refractivity contribution in [2.24, 2.45) is 5.92 Å². The molecule has 17 heavy (non-hydrogen) atoms. The summed E-state index contributed by atoms with van der Waals surface area (Å²) < 4.78 is 0. The molecule has 0 spiro atoms. The van der Waals surface area contributed by atoms with E-state index >= 15 is 0 Å². The van der Waals surface area contributed by atoms with Gasteiger partial charge in [-0.1, -0.05) is 20.8 Å². The number of rotatable bonds is 6. The van der Waals surface area contributed by atoms with E-state index in [1.54, 1.807) is 0 Å². The van der Waals surface area contributed by atoms with Crippen LogP contribution in [0.25, 0.3) is 0 Å². The fourth-order valence-corrected chi connectivity index (χ4v) is 1.70. The van der Waals surface area contributed by atoms with Gasteiger partial charge in [-0.05, 0) is 18.1 Å². The molecule has 0 fully saturated rings. The molecule has 0 aliphatic heterocycles. The zero-order valence-corrected chi connectivity index (χ0v) is 10.8. The zero-order valence-electron chi connectivity index (χ0n) is 10.8. The first-order valence-corrected chi connectivity index (χ1v) is 6.03. The van der Waals surface area contributed by atoms with Crippen LogP contribution in [-0.4, -0.2) is 29.1 Å². The molecule has 96 valence electrons. The summed E-state index contributed by atoms with van der Waals surface area (Å²) in [5, 5.41) is 11.9. The number of aromatic amines is 1. The third kappa shape index (κ3) is 3.60. The van der Waals surface area contributed by atoms with Gasteiger partial charge in [-0.25, -0.2) is 0 Å². The Morgan fingerprint density at radius 3 is 2.76 bits per heavy atom. The normalized spacial score (nSPS) is 13.4. The van der Waals surface area contributed by atoms with Crippen molar-refractivity contribution in [2.45, 2.75) is 32.6 Å². The zero-order chi connectivity index (χ0) is 12.9. The molecule has 4 nitrogen and oxygen atoms in total. The number of amides is 1. The van der Waals surface area contributed by atoms with Gasteiger partial charge in [0, 0.05) is 24.4 Å². The molecule has 3 N–H and O–H groups in total. The molecule has 1 rings (SSSR count). The molecule has 0 aliphatic carbocycles. The maximum Gasteiger partial charge on any atom is 0.225 e. The van der Waals surface area contributed by atoms with Crippen molar-refractivity contribution >= 4 is 5.91 Å². The van der Waals surface area contributed by atoms with Crippen LogP contribution < -0.4 is 5.32 Å². The summed E-state index contributed by atoms with van der Waals surface area (Å²) in [5.41, 5.74) is 1.05. The second-order valence-electron chi connectivity index (χ2n) is 4.99. The topological polar surface area (TPSA) is 65.1 Å². The minimum absolute atomic E-state index is 0.0707. The van der Waals surface area contributed by atoms with Gasteiger partial charge in [0.1, 0.15) is 0 Å². The Bertz CT molecular complexity index is 340. The van der Waals surface area contributed by atoms with Crippen LogP contribution >= 0.6 is 0 Å². The van der Waals surface area contributed by atoms with Gasteiger partial charge in [-0.15, -0.1) is 0 Å². The van der Waals surface area contributed by atoms with Crippen molar-refractivity contribution in [3.8, 4) is 0 Å². The van der Waals surface area contributed by atoms with Crippen molar-refractivity contribution in [3.63, 3.8) is 0 Å². The van der Waals surface area contributed by atoms with Crippen LogP contribution in [0.5, 0.6) is 0 Å². The molecule has 1 heterocycles. The Labute approximate surface area is 102 Å². The number of aliphatic hydroxyl groups is 1. The summed E-state index contributed by atoms with van der Waals surface area (Å²) in [4.78, 5) is 14.8. The van der Waals surface area contributed by atoms with Crippen molar-refractivity contribution in [1.82, 2.24) is 10.3 Å². The van der Waals surface area contributed by atoms with E-state index in [1.807, 2.05) is 25.4 Å². The fourth-order valence-electron chi connectivity index (χ4n) is 1.70. The molecular weight excluding hydrogens is 216 g/mol. The molecule has 0 aliphatic rings. The van der Waals surface area contributed by atoms with Gasteiger partial charge in [0.2, 0.25) is 5.91 Å². The average Bonchev–Trinajstić information content (AvgIpc) is 2.82. The van der Waals surface area contributed by atoms with E-state index in [0.717, 1.165) is 5.56 Å². The molecule has 1 aromatic heterocycles. The van der Waals surface area contributed by atoms with Gasteiger partial charge in [0.15, 0.2) is 0 Å². The van der Waals surface area contributed by atoms with Crippen LogP contribution in [0.1, 0.15) is 32.8 Å². The third-order valence-electron chi connectivity index (χ3n) is 3.17. The first-order valence-electron chi connectivity index (χ1n) is 6.03. The summed E-state index contributed by atoms with van der Waals surface area (Å²) in [6.45, 7) is 6.54. The Morgan fingerprint density at radius 1 is 1.59 bits per heavy atom. The number of aromatic nitrogens is 1. The number of nitrogens with one attached hydrogen (secondary N) is 2. The first-order chi connectivity index (χ1) is 8.01. The highest BCUT2D eigenvalue weighted by Gasteiger charge is 2.23. The van der Waals surface area contributed by atoms with Crippen LogP contribution in [0.4, 0.5) is 0 Å². The number of H-pyrrole nitrogens is 1. The highest BCUT2D eigenvalue weighted by Crippen LogP contribution is 2.21. The average molecular weight is 238 g/mol. The van der Waals surface area contributed by atoms with Gasteiger partial charge in [0.25, 0.3) is 0 Å². The fraction of sp³-hybridized carbons (Fsp3) is 0.615. The highest BCUT2D eigenvalue weighted by molar-refractivity contribution is 5.78. The minimum Gasteiger partial charge on any atom is -0.396 e. The maximum atomic E-state index is 11.7. The third-order valence-corrected chi connectivity index (χ3v) is 3.17. The molecule has 4 heteroatoms. The van der Waals surface area contributed by atoms with E-state index in [1.165, 1.54) is 0 Å². The predicted octanol–water partition coefficient (Wildman–Crippen LogP) is 1.43. The van der Waals surface area contributed by atoms with Gasteiger partial charge < -0.3 is 15.4 Å². The Balaban J connectivity index is 2.53. The Hall–Kier alpha value is -1.29. The second kappa shape index (κ2) is 5.87. The van der Waals surface area contributed by atoms with Crippen LogP contribution in [0, 0.1) is 5.92 Å². The molecule has 1 atom stereocenters. The van der Waals surface area contributed by atoms with Crippen LogP contribution in [-0.2, 0) is 10.2 Å².